The first-order chi connectivity index (χ1) is 11.9. The molecule has 136 valence electrons. The molecule has 25 heavy (non-hydrogen) atoms. The van der Waals surface area contributed by atoms with E-state index in [-0.39, 0.29) is 17.1 Å². The zero-order valence-corrected chi connectivity index (χ0v) is 16.0. The number of ether oxygens (including phenoxy) is 1. The fraction of sp³-hybridized carbons (Fsp3) is 0.783. The zero-order valence-electron chi connectivity index (χ0n) is 16.0. The Morgan fingerprint density at radius 3 is 2.68 bits per heavy atom. The molecule has 0 heterocycles. The number of hydrogen-bond donors (Lipinski definition) is 0. The lowest BCUT2D eigenvalue weighted by Crippen LogP contribution is -2.53. The van der Waals surface area contributed by atoms with Gasteiger partial charge in [0.05, 0.1) is 6.10 Å². The number of rotatable bonds is 2. The van der Waals surface area contributed by atoms with Crippen LogP contribution in [0.3, 0.4) is 0 Å². The Morgan fingerprint density at radius 1 is 1.16 bits per heavy atom. The predicted molar refractivity (Wildman–Crippen MR) is 99.9 cm³/mol. The number of carbonyl (C=O) groups excluding carboxylic acids is 1. The van der Waals surface area contributed by atoms with Crippen molar-refractivity contribution >= 4 is 5.78 Å². The highest BCUT2D eigenvalue weighted by Gasteiger charge is 2.63. The van der Waals surface area contributed by atoms with Crippen LogP contribution in [0.25, 0.3) is 0 Å². The van der Waals surface area contributed by atoms with E-state index in [2.05, 4.69) is 26.7 Å². The lowest BCUT2D eigenvalue weighted by atomic mass is 9.50. The van der Waals surface area contributed by atoms with E-state index in [1.165, 1.54) is 31.3 Å². The van der Waals surface area contributed by atoms with Crippen molar-refractivity contribution in [3.63, 3.8) is 0 Å². The van der Waals surface area contributed by atoms with Crippen molar-refractivity contribution in [2.45, 2.75) is 83.8 Å². The van der Waals surface area contributed by atoms with Gasteiger partial charge in [-0.25, -0.2) is 0 Å². The highest BCUT2D eigenvalue weighted by atomic mass is 16.5. The number of fused-ring (bicyclic) bond motifs is 5. The molecule has 0 radical (unpaired) electrons. The molecule has 4 aliphatic carbocycles. The van der Waals surface area contributed by atoms with Gasteiger partial charge in [-0.2, -0.15) is 0 Å². The van der Waals surface area contributed by atoms with Gasteiger partial charge in [-0.15, -0.1) is 6.42 Å². The summed E-state index contributed by atoms with van der Waals surface area (Å²) < 4.78 is 6.43. The molecule has 0 saturated heterocycles. The molecule has 0 N–H and O–H groups in total. The van der Waals surface area contributed by atoms with E-state index < -0.39 is 0 Å². The average molecular weight is 341 g/mol. The van der Waals surface area contributed by atoms with Crippen LogP contribution in [0.15, 0.2) is 11.6 Å². The molecule has 0 spiro atoms. The van der Waals surface area contributed by atoms with Gasteiger partial charge >= 0.3 is 0 Å². The largest absolute Gasteiger partial charge is 0.359 e. The van der Waals surface area contributed by atoms with E-state index in [4.69, 9.17) is 11.2 Å². The van der Waals surface area contributed by atoms with Crippen molar-refractivity contribution in [3.05, 3.63) is 11.6 Å². The van der Waals surface area contributed by atoms with Gasteiger partial charge in [0, 0.05) is 11.8 Å². The lowest BCUT2D eigenvalue weighted by molar-refractivity contribution is -0.140. The number of carbonyl (C=O) groups is 1. The van der Waals surface area contributed by atoms with Crippen molar-refractivity contribution in [1.82, 2.24) is 0 Å². The quantitative estimate of drug-likeness (QED) is 0.667. The van der Waals surface area contributed by atoms with Crippen molar-refractivity contribution in [2.24, 2.45) is 29.1 Å². The minimum absolute atomic E-state index is 0.110. The Hall–Kier alpha value is -1.07. The van der Waals surface area contributed by atoms with Gasteiger partial charge in [-0.1, -0.05) is 18.4 Å². The standard InChI is InChI=1S/C23H32O2/c1-5-23(25-15(2)3)13-11-21-20-8-6-16-14-17(24)7-9-18(16)19(20)10-12-22(21,23)4/h1,14-15,18-21H,6-13H2,2-4H3/t18?,19?,20?,21?,22-,23-/m0/s1. The zero-order chi connectivity index (χ0) is 17.8. The minimum Gasteiger partial charge on any atom is -0.359 e. The molecule has 6 atom stereocenters. The Labute approximate surface area is 152 Å². The Bertz CT molecular complexity index is 639. The maximum atomic E-state index is 11.8. The van der Waals surface area contributed by atoms with Gasteiger partial charge in [-0.3, -0.25) is 4.79 Å². The fourth-order valence-corrected chi connectivity index (χ4v) is 7.05. The minimum atomic E-state index is -0.380. The molecule has 2 heteroatoms. The van der Waals surface area contributed by atoms with Crippen molar-refractivity contribution in [3.8, 4) is 12.3 Å². The number of terminal acetylenes is 1. The molecule has 4 aliphatic rings. The smallest absolute Gasteiger partial charge is 0.155 e. The van der Waals surface area contributed by atoms with E-state index in [1.807, 2.05) is 6.08 Å². The van der Waals surface area contributed by atoms with E-state index in [1.54, 1.807) is 0 Å². The summed E-state index contributed by atoms with van der Waals surface area (Å²) in [5.74, 6) is 6.35. The van der Waals surface area contributed by atoms with E-state index in [0.717, 1.165) is 37.5 Å². The van der Waals surface area contributed by atoms with Gasteiger partial charge in [-0.05, 0) is 88.5 Å². The molecule has 0 aromatic carbocycles. The molecule has 4 rings (SSSR count). The normalized spacial score (nSPS) is 46.0. The summed E-state index contributed by atoms with van der Waals surface area (Å²) in [5.41, 5.74) is 1.19. The second kappa shape index (κ2) is 5.98. The predicted octanol–water partition coefficient (Wildman–Crippen LogP) is 4.93. The number of allylic oxidation sites excluding steroid dienone is 1. The first-order valence-electron chi connectivity index (χ1n) is 10.3. The second-order valence-corrected chi connectivity index (χ2v) is 9.44. The van der Waals surface area contributed by atoms with Crippen LogP contribution in [0, 0.1) is 41.4 Å². The van der Waals surface area contributed by atoms with Crippen LogP contribution < -0.4 is 0 Å². The van der Waals surface area contributed by atoms with Crippen LogP contribution in [0.4, 0.5) is 0 Å². The molecule has 2 nitrogen and oxygen atoms in total. The molecule has 0 aromatic rings. The summed E-state index contributed by atoms with van der Waals surface area (Å²) in [6.45, 7) is 6.63. The monoisotopic (exact) mass is 340 g/mol. The van der Waals surface area contributed by atoms with Crippen LogP contribution in [0.2, 0.25) is 0 Å². The molecule has 3 saturated carbocycles. The van der Waals surface area contributed by atoms with Gasteiger partial charge in [0.25, 0.3) is 0 Å². The van der Waals surface area contributed by atoms with Crippen LogP contribution >= 0.6 is 0 Å². The second-order valence-electron chi connectivity index (χ2n) is 9.44. The van der Waals surface area contributed by atoms with Gasteiger partial charge < -0.3 is 4.74 Å². The summed E-state index contributed by atoms with van der Waals surface area (Å²) >= 11 is 0. The molecule has 0 bridgehead atoms. The van der Waals surface area contributed by atoms with E-state index in [9.17, 15) is 4.79 Å². The summed E-state index contributed by atoms with van der Waals surface area (Å²) in [5, 5.41) is 0. The summed E-state index contributed by atoms with van der Waals surface area (Å²) in [6, 6.07) is 0. The van der Waals surface area contributed by atoms with Crippen LogP contribution in [-0.4, -0.2) is 17.5 Å². The molecule has 0 aromatic heterocycles. The first-order valence-corrected chi connectivity index (χ1v) is 10.3. The molecule has 3 fully saturated rings. The average Bonchev–Trinajstić information content (AvgIpc) is 2.87. The van der Waals surface area contributed by atoms with Gasteiger partial charge in [0.1, 0.15) is 5.60 Å². The molecule has 0 amide bonds. The summed E-state index contributed by atoms with van der Waals surface area (Å²) in [6.07, 6.45) is 17.1. The van der Waals surface area contributed by atoms with Crippen molar-refractivity contribution < 1.29 is 9.53 Å². The van der Waals surface area contributed by atoms with Crippen LogP contribution in [0.5, 0.6) is 0 Å². The lowest BCUT2D eigenvalue weighted by Gasteiger charge is -2.55. The third-order valence-electron chi connectivity index (χ3n) is 8.09. The third-order valence-corrected chi connectivity index (χ3v) is 8.09. The summed E-state index contributed by atoms with van der Waals surface area (Å²) in [4.78, 5) is 11.8. The molecular weight excluding hydrogens is 308 g/mol. The van der Waals surface area contributed by atoms with Crippen LogP contribution in [-0.2, 0) is 9.53 Å². The van der Waals surface area contributed by atoms with Crippen LogP contribution in [0.1, 0.15) is 72.1 Å². The van der Waals surface area contributed by atoms with Crippen molar-refractivity contribution in [2.75, 3.05) is 0 Å². The molecule has 4 unspecified atom stereocenters. The first kappa shape index (κ1) is 17.3. The third kappa shape index (κ3) is 2.46. The maximum absolute atomic E-state index is 11.8. The number of ketones is 1. The Balaban J connectivity index is 1.63. The van der Waals surface area contributed by atoms with Gasteiger partial charge in [0.2, 0.25) is 0 Å². The topological polar surface area (TPSA) is 26.3 Å². The maximum Gasteiger partial charge on any atom is 0.155 e. The van der Waals surface area contributed by atoms with Gasteiger partial charge in [0.15, 0.2) is 5.78 Å². The molecule has 0 aliphatic heterocycles. The Kier molecular flexibility index (Phi) is 4.15. The highest BCUT2D eigenvalue weighted by molar-refractivity contribution is 5.91. The van der Waals surface area contributed by atoms with Crippen molar-refractivity contribution in [1.29, 1.82) is 0 Å². The number of hydrogen-bond acceptors (Lipinski definition) is 2. The van der Waals surface area contributed by atoms with E-state index in [0.29, 0.717) is 17.6 Å². The fourth-order valence-electron chi connectivity index (χ4n) is 7.05. The van der Waals surface area contributed by atoms with E-state index >= 15 is 0 Å². The SMILES string of the molecule is C#C[C@]1(OC(C)C)CCC2C3CCC4=CC(=O)CCC4C3CC[C@@]21C. The highest BCUT2D eigenvalue weighted by Crippen LogP contribution is 2.65. The Morgan fingerprint density at radius 2 is 1.96 bits per heavy atom. The summed E-state index contributed by atoms with van der Waals surface area (Å²) in [7, 11) is 0. The molecular formula is C23H32O2.